The number of hydrogen-bond acceptors (Lipinski definition) is 3. The number of sulfonamides is 1. The zero-order valence-corrected chi connectivity index (χ0v) is 13.8. The van der Waals surface area contributed by atoms with Gasteiger partial charge in [0.2, 0.25) is 15.9 Å². The van der Waals surface area contributed by atoms with Crippen LogP contribution in [0.5, 0.6) is 0 Å². The van der Waals surface area contributed by atoms with Gasteiger partial charge in [0.05, 0.1) is 12.8 Å². The molecular weight excluding hydrogens is 276 g/mol. The fourth-order valence-corrected chi connectivity index (χ4v) is 3.94. The van der Waals surface area contributed by atoms with Crippen molar-refractivity contribution in [2.75, 3.05) is 25.9 Å². The number of amides is 1. The normalized spacial score (nSPS) is 16.8. The Morgan fingerprint density at radius 3 is 2.00 bits per heavy atom. The Morgan fingerprint density at radius 1 is 1.10 bits per heavy atom. The molecule has 1 aliphatic rings. The van der Waals surface area contributed by atoms with E-state index in [1.54, 1.807) is 4.90 Å². The topological polar surface area (TPSA) is 57.7 Å². The number of rotatable bonds is 8. The van der Waals surface area contributed by atoms with Gasteiger partial charge in [-0.3, -0.25) is 4.79 Å². The maximum Gasteiger partial charge on any atom is 0.237 e. The van der Waals surface area contributed by atoms with Crippen LogP contribution in [0.25, 0.3) is 0 Å². The van der Waals surface area contributed by atoms with E-state index < -0.39 is 10.0 Å². The van der Waals surface area contributed by atoms with Crippen LogP contribution in [-0.2, 0) is 14.8 Å². The van der Waals surface area contributed by atoms with Crippen LogP contribution in [0.1, 0.15) is 52.4 Å². The molecule has 0 saturated heterocycles. The van der Waals surface area contributed by atoms with Crippen molar-refractivity contribution < 1.29 is 13.2 Å². The van der Waals surface area contributed by atoms with Gasteiger partial charge in [0.15, 0.2) is 0 Å². The minimum atomic E-state index is -3.32. The number of carbonyl (C=O) groups excluding carboxylic acids is 1. The third kappa shape index (κ3) is 5.05. The Balaban J connectivity index is 2.75. The molecule has 1 aliphatic carbocycles. The molecule has 0 aromatic rings. The second-order valence-electron chi connectivity index (χ2n) is 5.63. The molecule has 1 saturated carbocycles. The zero-order chi connectivity index (χ0) is 15.2. The summed E-state index contributed by atoms with van der Waals surface area (Å²) in [7, 11) is -3.32. The number of hydrogen-bond donors (Lipinski definition) is 0. The largest absolute Gasteiger partial charge is 0.342 e. The van der Waals surface area contributed by atoms with E-state index in [4.69, 9.17) is 0 Å². The van der Waals surface area contributed by atoms with Gasteiger partial charge in [-0.2, -0.15) is 4.31 Å². The molecule has 0 atom stereocenters. The molecule has 0 aromatic heterocycles. The molecule has 1 fully saturated rings. The third-order valence-corrected chi connectivity index (χ3v) is 5.07. The van der Waals surface area contributed by atoms with E-state index in [1.165, 1.54) is 10.6 Å². The summed E-state index contributed by atoms with van der Waals surface area (Å²) < 4.78 is 25.3. The van der Waals surface area contributed by atoms with E-state index in [2.05, 4.69) is 0 Å². The van der Waals surface area contributed by atoms with E-state index in [0.717, 1.165) is 38.5 Å². The fraction of sp³-hybridized carbons (Fsp3) is 0.929. The summed E-state index contributed by atoms with van der Waals surface area (Å²) in [5.74, 6) is -0.0639. The average molecular weight is 304 g/mol. The Bertz CT molecular complexity index is 397. The van der Waals surface area contributed by atoms with E-state index in [0.29, 0.717) is 13.1 Å². The van der Waals surface area contributed by atoms with Gasteiger partial charge >= 0.3 is 0 Å². The van der Waals surface area contributed by atoms with E-state index in [1.807, 2.05) is 13.8 Å². The van der Waals surface area contributed by atoms with E-state index >= 15 is 0 Å². The SMILES string of the molecule is CCCN(CCC)C(=O)CN(C1CCCC1)S(C)(=O)=O. The zero-order valence-electron chi connectivity index (χ0n) is 13.0. The maximum atomic E-state index is 12.4. The van der Waals surface area contributed by atoms with Gasteiger partial charge in [0, 0.05) is 19.1 Å². The van der Waals surface area contributed by atoms with E-state index in [-0.39, 0.29) is 18.5 Å². The molecule has 0 N–H and O–H groups in total. The molecule has 0 aliphatic heterocycles. The Kier molecular flexibility index (Phi) is 6.95. The van der Waals surface area contributed by atoms with Crippen molar-refractivity contribution in [3.63, 3.8) is 0 Å². The quantitative estimate of drug-likeness (QED) is 0.687. The van der Waals surface area contributed by atoms with Gasteiger partial charge in [-0.1, -0.05) is 26.7 Å². The second-order valence-corrected chi connectivity index (χ2v) is 7.56. The van der Waals surface area contributed by atoms with Gasteiger partial charge in [0.25, 0.3) is 0 Å². The minimum absolute atomic E-state index is 0.00347. The van der Waals surface area contributed by atoms with Crippen LogP contribution in [0.2, 0.25) is 0 Å². The predicted molar refractivity (Wildman–Crippen MR) is 81.0 cm³/mol. The van der Waals surface area contributed by atoms with Gasteiger partial charge in [-0.05, 0) is 25.7 Å². The van der Waals surface area contributed by atoms with Crippen LogP contribution < -0.4 is 0 Å². The maximum absolute atomic E-state index is 12.4. The summed E-state index contributed by atoms with van der Waals surface area (Å²) in [6.45, 7) is 5.47. The molecule has 0 spiro atoms. The highest BCUT2D eigenvalue weighted by atomic mass is 32.2. The molecule has 0 heterocycles. The summed E-state index contributed by atoms with van der Waals surface area (Å²) in [5.41, 5.74) is 0. The molecule has 0 unspecified atom stereocenters. The highest BCUT2D eigenvalue weighted by molar-refractivity contribution is 7.88. The van der Waals surface area contributed by atoms with Crippen LogP contribution in [0.4, 0.5) is 0 Å². The van der Waals surface area contributed by atoms with Gasteiger partial charge < -0.3 is 4.90 Å². The summed E-state index contributed by atoms with van der Waals surface area (Å²) in [4.78, 5) is 14.1. The van der Waals surface area contributed by atoms with Gasteiger partial charge in [-0.15, -0.1) is 0 Å². The van der Waals surface area contributed by atoms with E-state index in [9.17, 15) is 13.2 Å². The Labute approximate surface area is 123 Å². The summed E-state index contributed by atoms with van der Waals surface area (Å²) >= 11 is 0. The van der Waals surface area contributed by atoms with Crippen LogP contribution in [0, 0.1) is 0 Å². The Hall–Kier alpha value is -0.620. The molecule has 20 heavy (non-hydrogen) atoms. The first-order chi connectivity index (χ1) is 9.40. The molecule has 1 rings (SSSR count). The first-order valence-electron chi connectivity index (χ1n) is 7.64. The van der Waals surface area contributed by atoms with Crippen molar-refractivity contribution >= 4 is 15.9 Å². The van der Waals surface area contributed by atoms with Crippen LogP contribution in [0.15, 0.2) is 0 Å². The summed E-state index contributed by atoms with van der Waals surface area (Å²) in [5, 5.41) is 0. The smallest absolute Gasteiger partial charge is 0.237 e. The summed E-state index contributed by atoms with van der Waals surface area (Å²) in [6.07, 6.45) is 6.87. The predicted octanol–water partition coefficient (Wildman–Crippen LogP) is 1.84. The van der Waals surface area contributed by atoms with Crippen molar-refractivity contribution in [2.24, 2.45) is 0 Å². The fourth-order valence-electron chi connectivity index (χ4n) is 2.84. The third-order valence-electron chi connectivity index (χ3n) is 3.79. The first-order valence-corrected chi connectivity index (χ1v) is 9.49. The molecular formula is C14H28N2O3S. The molecule has 0 bridgehead atoms. The molecule has 5 nitrogen and oxygen atoms in total. The monoisotopic (exact) mass is 304 g/mol. The highest BCUT2D eigenvalue weighted by Gasteiger charge is 2.31. The average Bonchev–Trinajstić information content (AvgIpc) is 2.87. The highest BCUT2D eigenvalue weighted by Crippen LogP contribution is 2.25. The van der Waals surface area contributed by atoms with Crippen molar-refractivity contribution in [2.45, 2.75) is 58.4 Å². The standard InChI is InChI=1S/C14H28N2O3S/c1-4-10-15(11-5-2)14(17)12-16(20(3,18)19)13-8-6-7-9-13/h13H,4-12H2,1-3H3. The van der Waals surface area contributed by atoms with Crippen LogP contribution in [-0.4, -0.2) is 55.5 Å². The molecule has 0 radical (unpaired) electrons. The first kappa shape index (κ1) is 17.4. The van der Waals surface area contributed by atoms with Crippen molar-refractivity contribution in [3.8, 4) is 0 Å². The van der Waals surface area contributed by atoms with Crippen molar-refractivity contribution in [1.29, 1.82) is 0 Å². The van der Waals surface area contributed by atoms with Crippen LogP contribution in [0.3, 0.4) is 0 Å². The van der Waals surface area contributed by atoms with Crippen LogP contribution >= 0.6 is 0 Å². The molecule has 6 heteroatoms. The van der Waals surface area contributed by atoms with Crippen molar-refractivity contribution in [3.05, 3.63) is 0 Å². The lowest BCUT2D eigenvalue weighted by molar-refractivity contribution is -0.131. The minimum Gasteiger partial charge on any atom is -0.342 e. The lowest BCUT2D eigenvalue weighted by Crippen LogP contribution is -2.46. The lowest BCUT2D eigenvalue weighted by Gasteiger charge is -2.29. The molecule has 118 valence electrons. The Morgan fingerprint density at radius 2 is 1.60 bits per heavy atom. The molecule has 0 aromatic carbocycles. The number of nitrogens with zero attached hydrogens (tertiary/aromatic N) is 2. The summed E-state index contributed by atoms with van der Waals surface area (Å²) in [6, 6.07) is 0.0130. The lowest BCUT2D eigenvalue weighted by atomic mass is 10.2. The van der Waals surface area contributed by atoms with Crippen molar-refractivity contribution in [1.82, 2.24) is 9.21 Å². The van der Waals surface area contributed by atoms with Gasteiger partial charge in [-0.25, -0.2) is 8.42 Å². The second kappa shape index (κ2) is 7.98. The number of carbonyl (C=O) groups is 1. The molecule has 1 amide bonds. The van der Waals surface area contributed by atoms with Gasteiger partial charge in [0.1, 0.15) is 0 Å².